The van der Waals surface area contributed by atoms with Crippen molar-refractivity contribution in [1.82, 2.24) is 0 Å². The number of alkyl halides is 1. The van der Waals surface area contributed by atoms with Gasteiger partial charge in [-0.3, -0.25) is 0 Å². The molecule has 0 spiro atoms. The van der Waals surface area contributed by atoms with Crippen molar-refractivity contribution in [2.45, 2.75) is 31.6 Å². The van der Waals surface area contributed by atoms with Crippen molar-refractivity contribution in [3.8, 4) is 0 Å². The van der Waals surface area contributed by atoms with Gasteiger partial charge in [-0.2, -0.15) is 0 Å². The van der Waals surface area contributed by atoms with Gasteiger partial charge in [0, 0.05) is 0 Å². The number of allylic oxidation sites excluding steroid dienone is 3. The van der Waals surface area contributed by atoms with Gasteiger partial charge in [-0.25, -0.2) is 0 Å². The van der Waals surface area contributed by atoms with Gasteiger partial charge in [-0.05, 0) is 0 Å². The summed E-state index contributed by atoms with van der Waals surface area (Å²) in [6, 6.07) is 0. The summed E-state index contributed by atoms with van der Waals surface area (Å²) < 4.78 is 2.62. The van der Waals surface area contributed by atoms with E-state index in [1.54, 1.807) is 9.78 Å². The third-order valence-electron chi connectivity index (χ3n) is 2.99. The van der Waals surface area contributed by atoms with Crippen molar-refractivity contribution < 1.29 is 21.2 Å². The number of hydrogen-bond acceptors (Lipinski definition) is 1. The molecule has 1 saturated heterocycles. The first-order chi connectivity index (χ1) is 6.57. The van der Waals surface area contributed by atoms with Crippen LogP contribution in [-0.4, -0.2) is 3.92 Å². The van der Waals surface area contributed by atoms with Gasteiger partial charge in [-0.15, -0.1) is 0 Å². The molecule has 3 atom stereocenters. The van der Waals surface area contributed by atoms with E-state index in [0.29, 0.717) is 0 Å². The number of rotatable bonds is 2. The average Bonchev–Trinajstić information content (AvgIpc) is 2.39. The Bertz CT molecular complexity index is 243. The zero-order chi connectivity index (χ0) is 10.7. The summed E-state index contributed by atoms with van der Waals surface area (Å²) in [5.41, 5.74) is 5.38. The quantitative estimate of drug-likeness (QED) is 0.552. The van der Waals surface area contributed by atoms with Crippen molar-refractivity contribution in [1.29, 1.82) is 0 Å². The Morgan fingerprint density at radius 2 is 2.00 bits per heavy atom. The number of halogens is 1. The van der Waals surface area contributed by atoms with Gasteiger partial charge < -0.3 is 0 Å². The Labute approximate surface area is 98.1 Å². The van der Waals surface area contributed by atoms with Crippen molar-refractivity contribution >= 4 is 0 Å². The second kappa shape index (κ2) is 5.19. The second-order valence-electron chi connectivity index (χ2n) is 4.35. The fourth-order valence-electron chi connectivity index (χ4n) is 2.13. The third kappa shape index (κ3) is 2.53. The molecule has 0 aliphatic carbocycles. The molecule has 0 aromatic carbocycles. The van der Waals surface area contributed by atoms with Crippen molar-refractivity contribution in [2.24, 2.45) is 23.5 Å². The van der Waals surface area contributed by atoms with E-state index in [9.17, 15) is 0 Å². The second-order valence-corrected chi connectivity index (χ2v) is 8.19. The van der Waals surface area contributed by atoms with Crippen LogP contribution in [0.5, 0.6) is 0 Å². The van der Waals surface area contributed by atoms with E-state index in [1.807, 2.05) is 6.08 Å². The summed E-state index contributed by atoms with van der Waals surface area (Å²) in [6.45, 7) is 9.48. The van der Waals surface area contributed by atoms with Gasteiger partial charge in [0.05, 0.1) is 0 Å². The minimum atomic E-state index is 0.241. The fourth-order valence-corrected chi connectivity index (χ4v) is 6.39. The standard InChI is InChI=1S/C12H21IN/c1-8(2)12-9(3)10(4)13-11(12)6-5-7-14/h5-10,12H,14H2,1-4H3/q-1/b7-5-,11-6-/t9-,10?,12-/m0/s1. The molecule has 0 saturated carbocycles. The van der Waals surface area contributed by atoms with Crippen molar-refractivity contribution in [2.75, 3.05) is 0 Å². The molecular formula is C12H21IN-. The molecule has 0 bridgehead atoms. The van der Waals surface area contributed by atoms with Crippen LogP contribution < -0.4 is 26.9 Å². The first-order valence-corrected chi connectivity index (χ1v) is 7.62. The Morgan fingerprint density at radius 1 is 1.36 bits per heavy atom. The summed E-state index contributed by atoms with van der Waals surface area (Å²) in [5, 5.41) is 0. The minimum absolute atomic E-state index is 0.241. The summed E-state index contributed by atoms with van der Waals surface area (Å²) >= 11 is 0.241. The monoisotopic (exact) mass is 306 g/mol. The van der Waals surface area contributed by atoms with Crippen LogP contribution in [0.25, 0.3) is 0 Å². The zero-order valence-electron chi connectivity index (χ0n) is 9.50. The Morgan fingerprint density at radius 3 is 2.50 bits per heavy atom. The molecule has 2 heteroatoms. The van der Waals surface area contributed by atoms with Crippen LogP contribution in [0.15, 0.2) is 21.9 Å². The molecule has 2 N–H and O–H groups in total. The van der Waals surface area contributed by atoms with Crippen molar-refractivity contribution in [3.63, 3.8) is 0 Å². The van der Waals surface area contributed by atoms with Gasteiger partial charge in [0.1, 0.15) is 0 Å². The van der Waals surface area contributed by atoms with E-state index in [2.05, 4.69) is 33.8 Å². The molecule has 0 aromatic rings. The van der Waals surface area contributed by atoms with Gasteiger partial charge in [0.2, 0.25) is 0 Å². The average molecular weight is 306 g/mol. The molecule has 14 heavy (non-hydrogen) atoms. The van der Waals surface area contributed by atoms with Gasteiger partial charge >= 0.3 is 98.2 Å². The van der Waals surface area contributed by atoms with E-state index >= 15 is 0 Å². The van der Waals surface area contributed by atoms with Crippen LogP contribution in [0.4, 0.5) is 0 Å². The van der Waals surface area contributed by atoms with Crippen LogP contribution in [0, 0.1) is 17.8 Å². The molecule has 1 heterocycles. The normalized spacial score (nSPS) is 36.9. The molecule has 1 nitrogen and oxygen atoms in total. The molecule has 0 amide bonds. The van der Waals surface area contributed by atoms with Crippen molar-refractivity contribution in [3.05, 3.63) is 21.9 Å². The summed E-state index contributed by atoms with van der Waals surface area (Å²) in [7, 11) is 0. The number of hydrogen-bond donors (Lipinski definition) is 1. The first kappa shape index (κ1) is 12.1. The molecule has 82 valence electrons. The predicted molar refractivity (Wildman–Crippen MR) is 58.4 cm³/mol. The summed E-state index contributed by atoms with van der Waals surface area (Å²) in [4.78, 5) is 0. The van der Waals surface area contributed by atoms with Crippen LogP contribution in [0.2, 0.25) is 0 Å². The summed E-state index contributed by atoms with van der Waals surface area (Å²) in [6.07, 6.45) is 5.90. The van der Waals surface area contributed by atoms with E-state index in [1.165, 1.54) is 0 Å². The van der Waals surface area contributed by atoms with Crippen LogP contribution in [-0.2, 0) is 0 Å². The van der Waals surface area contributed by atoms with Crippen LogP contribution in [0.3, 0.4) is 0 Å². The molecule has 1 fully saturated rings. The first-order valence-electron chi connectivity index (χ1n) is 5.29. The number of nitrogens with two attached hydrogens (primary N) is 1. The summed E-state index contributed by atoms with van der Waals surface area (Å²) in [5.74, 6) is 2.43. The third-order valence-corrected chi connectivity index (χ3v) is 6.91. The topological polar surface area (TPSA) is 26.0 Å². The van der Waals surface area contributed by atoms with E-state index in [0.717, 1.165) is 21.7 Å². The van der Waals surface area contributed by atoms with E-state index in [4.69, 9.17) is 5.73 Å². The maximum absolute atomic E-state index is 5.38. The SMILES string of the molecule is CC1[I-]/C(=C\C=C/N)[C@@H](C(C)C)[C@H]1C. The van der Waals surface area contributed by atoms with E-state index in [-0.39, 0.29) is 21.2 Å². The molecule has 1 aliphatic rings. The van der Waals surface area contributed by atoms with Crippen LogP contribution in [0.1, 0.15) is 27.7 Å². The molecular weight excluding hydrogens is 285 g/mol. The van der Waals surface area contributed by atoms with Crippen LogP contribution >= 0.6 is 0 Å². The predicted octanol–water partition coefficient (Wildman–Crippen LogP) is -0.258. The molecule has 1 rings (SSSR count). The van der Waals surface area contributed by atoms with Gasteiger partial charge in [0.25, 0.3) is 0 Å². The fraction of sp³-hybridized carbons (Fsp3) is 0.667. The molecule has 1 aliphatic heterocycles. The zero-order valence-corrected chi connectivity index (χ0v) is 11.7. The Hall–Kier alpha value is 0.01000. The Balaban J connectivity index is 2.85. The maximum atomic E-state index is 5.38. The van der Waals surface area contributed by atoms with Gasteiger partial charge in [0.15, 0.2) is 0 Å². The molecule has 1 unspecified atom stereocenters. The van der Waals surface area contributed by atoms with E-state index < -0.39 is 0 Å². The molecule has 0 radical (unpaired) electrons. The Kier molecular flexibility index (Phi) is 4.48. The van der Waals surface area contributed by atoms with Gasteiger partial charge in [-0.1, -0.05) is 0 Å². The molecule has 0 aromatic heterocycles.